The van der Waals surface area contributed by atoms with E-state index in [1.807, 2.05) is 42.5 Å². The summed E-state index contributed by atoms with van der Waals surface area (Å²) in [6.07, 6.45) is 3.73. The number of ether oxygens (including phenoxy) is 2. The minimum absolute atomic E-state index is 0.302. The van der Waals surface area contributed by atoms with Gasteiger partial charge in [0.15, 0.2) is 0 Å². The number of fused-ring (bicyclic) bond motifs is 1. The molecule has 4 N–H and O–H groups in total. The van der Waals surface area contributed by atoms with Gasteiger partial charge in [-0.3, -0.25) is 14.6 Å². The number of amides is 2. The fourth-order valence-corrected chi connectivity index (χ4v) is 4.32. The number of nitrogens with zero attached hydrogens (tertiary/aromatic N) is 2. The Kier molecular flexibility index (Phi) is 5.13. The SMILES string of the molecule is COc1cc(-c2ccc3c(Oc4ccc(C5CC5(C(N)=O)C(N)=O)cc4)ccnc3c2)ccn1. The number of hydrogen-bond donors (Lipinski definition) is 2. The van der Waals surface area contributed by atoms with E-state index in [9.17, 15) is 9.59 Å². The first kappa shape index (κ1) is 21.4. The number of methoxy groups -OCH3 is 1. The zero-order valence-corrected chi connectivity index (χ0v) is 18.4. The summed E-state index contributed by atoms with van der Waals surface area (Å²) in [5, 5.41) is 0.861. The summed E-state index contributed by atoms with van der Waals surface area (Å²) in [5.74, 6) is 0.149. The number of carbonyl (C=O) groups excluding carboxylic acids is 2. The van der Waals surface area contributed by atoms with Crippen LogP contribution >= 0.6 is 0 Å². The zero-order valence-electron chi connectivity index (χ0n) is 18.4. The predicted molar refractivity (Wildman–Crippen MR) is 126 cm³/mol. The molecular weight excluding hydrogens is 432 g/mol. The summed E-state index contributed by atoms with van der Waals surface area (Å²) in [5.41, 5.74) is 13.1. The monoisotopic (exact) mass is 454 g/mol. The van der Waals surface area contributed by atoms with Crippen LogP contribution in [-0.4, -0.2) is 28.9 Å². The molecule has 8 heteroatoms. The molecule has 1 aliphatic rings. The first-order valence-corrected chi connectivity index (χ1v) is 10.7. The van der Waals surface area contributed by atoms with Gasteiger partial charge < -0.3 is 20.9 Å². The van der Waals surface area contributed by atoms with E-state index in [-0.39, 0.29) is 5.92 Å². The summed E-state index contributed by atoms with van der Waals surface area (Å²) < 4.78 is 11.3. The molecule has 2 heterocycles. The highest BCUT2D eigenvalue weighted by Crippen LogP contribution is 2.59. The molecule has 0 aliphatic heterocycles. The van der Waals surface area contributed by atoms with E-state index in [1.165, 1.54) is 0 Å². The van der Waals surface area contributed by atoms with Crippen LogP contribution in [-0.2, 0) is 9.59 Å². The van der Waals surface area contributed by atoms with Crippen molar-refractivity contribution in [3.8, 4) is 28.5 Å². The van der Waals surface area contributed by atoms with Crippen LogP contribution in [0.3, 0.4) is 0 Å². The quantitative estimate of drug-likeness (QED) is 0.411. The summed E-state index contributed by atoms with van der Waals surface area (Å²) in [7, 11) is 1.58. The third-order valence-corrected chi connectivity index (χ3v) is 6.33. The Morgan fingerprint density at radius 2 is 1.62 bits per heavy atom. The summed E-state index contributed by atoms with van der Waals surface area (Å²) in [4.78, 5) is 32.2. The summed E-state index contributed by atoms with van der Waals surface area (Å²) >= 11 is 0. The number of hydrogen-bond acceptors (Lipinski definition) is 6. The van der Waals surface area contributed by atoms with Gasteiger partial charge in [0.1, 0.15) is 16.9 Å². The van der Waals surface area contributed by atoms with E-state index in [1.54, 1.807) is 37.7 Å². The van der Waals surface area contributed by atoms with Gasteiger partial charge in [-0.15, -0.1) is 0 Å². The van der Waals surface area contributed by atoms with Crippen LogP contribution in [0.1, 0.15) is 17.9 Å². The normalized spacial score (nSPS) is 16.1. The fraction of sp³-hybridized carbons (Fsp3) is 0.154. The van der Waals surface area contributed by atoms with Gasteiger partial charge in [-0.2, -0.15) is 0 Å². The maximum atomic E-state index is 11.8. The van der Waals surface area contributed by atoms with Gasteiger partial charge in [-0.1, -0.05) is 18.2 Å². The van der Waals surface area contributed by atoms with Gasteiger partial charge in [0.2, 0.25) is 17.7 Å². The fourth-order valence-electron chi connectivity index (χ4n) is 4.32. The first-order chi connectivity index (χ1) is 16.4. The van der Waals surface area contributed by atoms with Crippen molar-refractivity contribution in [2.24, 2.45) is 16.9 Å². The van der Waals surface area contributed by atoms with E-state index in [4.69, 9.17) is 20.9 Å². The van der Waals surface area contributed by atoms with Crippen molar-refractivity contribution in [2.75, 3.05) is 7.11 Å². The van der Waals surface area contributed by atoms with Crippen molar-refractivity contribution in [1.29, 1.82) is 0 Å². The Balaban J connectivity index is 1.39. The minimum Gasteiger partial charge on any atom is -0.481 e. The molecule has 170 valence electrons. The number of nitrogens with two attached hydrogens (primary N) is 2. The van der Waals surface area contributed by atoms with Crippen molar-refractivity contribution >= 4 is 22.7 Å². The average Bonchev–Trinajstić information content (AvgIpc) is 3.62. The third-order valence-electron chi connectivity index (χ3n) is 6.33. The van der Waals surface area contributed by atoms with E-state index >= 15 is 0 Å². The Morgan fingerprint density at radius 1 is 0.912 bits per heavy atom. The van der Waals surface area contributed by atoms with Gasteiger partial charge in [-0.05, 0) is 59.5 Å². The molecule has 4 aromatic rings. The molecule has 5 rings (SSSR count). The maximum Gasteiger partial charge on any atom is 0.233 e. The molecule has 2 amide bonds. The lowest BCUT2D eigenvalue weighted by molar-refractivity contribution is -0.133. The standard InChI is InChI=1S/C26H22N4O4/c1-33-23-13-17(8-10-30-23)16-4-7-19-21(12-16)29-11-9-22(19)34-18-5-2-15(3-6-18)20-14-26(20,24(27)31)25(28)32/h2-13,20H,14H2,1H3,(H2,27,31)(H2,28,32). The number of aromatic nitrogens is 2. The Hall–Kier alpha value is -4.46. The Bertz CT molecular complexity index is 1400. The molecule has 1 aliphatic carbocycles. The van der Waals surface area contributed by atoms with Crippen molar-refractivity contribution in [2.45, 2.75) is 12.3 Å². The molecule has 1 unspecified atom stereocenters. The largest absolute Gasteiger partial charge is 0.481 e. The lowest BCUT2D eigenvalue weighted by atomic mass is 9.97. The minimum atomic E-state index is -1.29. The van der Waals surface area contributed by atoms with Gasteiger partial charge in [-0.25, -0.2) is 4.98 Å². The molecule has 1 fully saturated rings. The lowest BCUT2D eigenvalue weighted by Gasteiger charge is -2.12. The molecule has 2 aromatic heterocycles. The predicted octanol–water partition coefficient (Wildman–Crippen LogP) is 3.54. The smallest absolute Gasteiger partial charge is 0.233 e. The van der Waals surface area contributed by atoms with Crippen molar-refractivity contribution < 1.29 is 19.1 Å². The van der Waals surface area contributed by atoms with Crippen LogP contribution in [0.5, 0.6) is 17.4 Å². The molecule has 0 spiro atoms. The number of carbonyl (C=O) groups is 2. The summed E-state index contributed by atoms with van der Waals surface area (Å²) in [6, 6.07) is 18.8. The number of benzene rings is 2. The highest BCUT2D eigenvalue weighted by Gasteiger charge is 2.64. The van der Waals surface area contributed by atoms with E-state index < -0.39 is 17.2 Å². The van der Waals surface area contributed by atoms with Crippen LogP contribution in [0.25, 0.3) is 22.0 Å². The molecular formula is C26H22N4O4. The second-order valence-corrected chi connectivity index (χ2v) is 8.26. The van der Waals surface area contributed by atoms with Gasteiger partial charge >= 0.3 is 0 Å². The maximum absolute atomic E-state index is 11.8. The van der Waals surface area contributed by atoms with E-state index in [2.05, 4.69) is 9.97 Å². The van der Waals surface area contributed by atoms with Crippen LogP contribution in [0.15, 0.2) is 73.1 Å². The van der Waals surface area contributed by atoms with Gasteiger partial charge in [0, 0.05) is 29.8 Å². The van der Waals surface area contributed by atoms with Crippen molar-refractivity contribution in [3.05, 3.63) is 78.6 Å². The molecule has 0 bridgehead atoms. The molecule has 1 atom stereocenters. The van der Waals surface area contributed by atoms with E-state index in [0.29, 0.717) is 23.8 Å². The summed E-state index contributed by atoms with van der Waals surface area (Å²) in [6.45, 7) is 0. The Morgan fingerprint density at radius 3 is 2.29 bits per heavy atom. The van der Waals surface area contributed by atoms with Crippen LogP contribution in [0, 0.1) is 5.41 Å². The van der Waals surface area contributed by atoms with Crippen LogP contribution in [0.4, 0.5) is 0 Å². The first-order valence-electron chi connectivity index (χ1n) is 10.7. The molecule has 0 radical (unpaired) electrons. The van der Waals surface area contributed by atoms with Crippen LogP contribution in [0.2, 0.25) is 0 Å². The third kappa shape index (κ3) is 3.59. The highest BCUT2D eigenvalue weighted by molar-refractivity contribution is 6.08. The second kappa shape index (κ2) is 8.15. The van der Waals surface area contributed by atoms with Gasteiger partial charge in [0.25, 0.3) is 0 Å². The number of primary amides is 2. The number of rotatable bonds is 7. The Labute approximate surface area is 195 Å². The van der Waals surface area contributed by atoms with Crippen molar-refractivity contribution in [1.82, 2.24) is 9.97 Å². The van der Waals surface area contributed by atoms with E-state index in [0.717, 1.165) is 27.6 Å². The van der Waals surface area contributed by atoms with Crippen molar-refractivity contribution in [3.63, 3.8) is 0 Å². The molecule has 8 nitrogen and oxygen atoms in total. The number of pyridine rings is 2. The van der Waals surface area contributed by atoms with Gasteiger partial charge in [0.05, 0.1) is 12.6 Å². The zero-order chi connectivity index (χ0) is 23.9. The molecule has 34 heavy (non-hydrogen) atoms. The molecule has 1 saturated carbocycles. The lowest BCUT2D eigenvalue weighted by Crippen LogP contribution is -2.38. The topological polar surface area (TPSA) is 130 Å². The average molecular weight is 454 g/mol. The molecule has 0 saturated heterocycles. The van der Waals surface area contributed by atoms with Crippen LogP contribution < -0.4 is 20.9 Å². The molecule has 2 aromatic carbocycles. The second-order valence-electron chi connectivity index (χ2n) is 8.26. The highest BCUT2D eigenvalue weighted by atomic mass is 16.5.